The molecule has 0 aliphatic heterocycles. The Morgan fingerprint density at radius 2 is 1.96 bits per heavy atom. The molecule has 2 aromatic rings. The lowest BCUT2D eigenvalue weighted by molar-refractivity contribution is 0.129. The van der Waals surface area contributed by atoms with Crippen molar-refractivity contribution in [1.29, 1.82) is 0 Å². The van der Waals surface area contributed by atoms with Gasteiger partial charge in [-0.3, -0.25) is 0 Å². The maximum Gasteiger partial charge on any atom is 0.407 e. The Hall–Kier alpha value is -2.76. The first-order valence-electron chi connectivity index (χ1n) is 8.56. The van der Waals surface area contributed by atoms with E-state index in [4.69, 9.17) is 9.47 Å². The summed E-state index contributed by atoms with van der Waals surface area (Å²) in [5.41, 5.74) is 1.87. The second kappa shape index (κ2) is 8.37. The van der Waals surface area contributed by atoms with E-state index in [0.717, 1.165) is 24.1 Å². The number of ether oxygens (including phenoxy) is 2. The second-order valence-electron chi connectivity index (χ2n) is 6.00. The molecule has 1 saturated carbocycles. The Kier molecular flexibility index (Phi) is 5.72. The summed E-state index contributed by atoms with van der Waals surface area (Å²) in [6.45, 7) is 2.80. The van der Waals surface area contributed by atoms with Gasteiger partial charge in [-0.25, -0.2) is 9.78 Å². The summed E-state index contributed by atoms with van der Waals surface area (Å²) in [5, 5.41) is 6.31. The minimum absolute atomic E-state index is 0.132. The Labute approximate surface area is 147 Å². The highest BCUT2D eigenvalue weighted by Crippen LogP contribution is 2.28. The Morgan fingerprint density at radius 1 is 1.16 bits per heavy atom. The molecular weight excluding hydrogens is 318 g/mol. The van der Waals surface area contributed by atoms with Crippen molar-refractivity contribution in [2.75, 3.05) is 11.9 Å². The smallest absolute Gasteiger partial charge is 0.407 e. The van der Waals surface area contributed by atoms with Crippen LogP contribution in [0, 0.1) is 0 Å². The van der Waals surface area contributed by atoms with Gasteiger partial charge in [0, 0.05) is 18.3 Å². The molecule has 6 heteroatoms. The molecule has 0 bridgehead atoms. The summed E-state index contributed by atoms with van der Waals surface area (Å²) in [5.74, 6) is 0.615. The van der Waals surface area contributed by atoms with Gasteiger partial charge in [-0.15, -0.1) is 0 Å². The summed E-state index contributed by atoms with van der Waals surface area (Å²) in [7, 11) is 0. The quantitative estimate of drug-likeness (QED) is 0.808. The average molecular weight is 341 g/mol. The molecule has 25 heavy (non-hydrogen) atoms. The fourth-order valence-corrected chi connectivity index (χ4v) is 2.76. The SMILES string of the molecule is CCOc1ncccc1NC1CC(NC(=O)OCc2ccccc2)C1. The van der Waals surface area contributed by atoms with Crippen LogP contribution < -0.4 is 15.4 Å². The largest absolute Gasteiger partial charge is 0.476 e. The first kappa shape index (κ1) is 17.1. The van der Waals surface area contributed by atoms with Crippen molar-refractivity contribution in [3.63, 3.8) is 0 Å². The summed E-state index contributed by atoms with van der Waals surface area (Å²) in [6.07, 6.45) is 3.04. The predicted molar refractivity (Wildman–Crippen MR) is 95.6 cm³/mol. The lowest BCUT2D eigenvalue weighted by atomic mass is 9.86. The topological polar surface area (TPSA) is 72.5 Å². The standard InChI is InChI=1S/C19H23N3O3/c1-2-24-18-17(9-6-10-20-18)21-15-11-16(12-15)22-19(23)25-13-14-7-4-3-5-8-14/h3-10,15-16,21H,2,11-13H2,1H3,(H,22,23). The molecule has 1 aromatic carbocycles. The number of rotatable bonds is 7. The minimum atomic E-state index is -0.372. The van der Waals surface area contributed by atoms with Gasteiger partial charge in [-0.1, -0.05) is 30.3 Å². The van der Waals surface area contributed by atoms with Crippen molar-refractivity contribution >= 4 is 11.8 Å². The van der Waals surface area contributed by atoms with Gasteiger partial charge in [0.15, 0.2) is 0 Å². The van der Waals surface area contributed by atoms with E-state index in [0.29, 0.717) is 18.5 Å². The van der Waals surface area contributed by atoms with E-state index in [1.165, 1.54) is 0 Å². The summed E-state index contributed by atoms with van der Waals surface area (Å²) >= 11 is 0. The van der Waals surface area contributed by atoms with Crippen LogP contribution in [0.4, 0.5) is 10.5 Å². The van der Waals surface area contributed by atoms with Gasteiger partial charge in [0.25, 0.3) is 0 Å². The predicted octanol–water partition coefficient (Wildman–Crippen LogP) is 3.35. The van der Waals surface area contributed by atoms with Crippen molar-refractivity contribution in [2.24, 2.45) is 0 Å². The Balaban J connectivity index is 1.39. The lowest BCUT2D eigenvalue weighted by Crippen LogP contribution is -2.49. The van der Waals surface area contributed by atoms with Crippen LogP contribution in [0.15, 0.2) is 48.7 Å². The van der Waals surface area contributed by atoms with Crippen LogP contribution in [0.25, 0.3) is 0 Å². The third-order valence-electron chi connectivity index (χ3n) is 4.08. The summed E-state index contributed by atoms with van der Waals surface area (Å²) < 4.78 is 10.7. The third-order valence-corrected chi connectivity index (χ3v) is 4.08. The first-order valence-corrected chi connectivity index (χ1v) is 8.56. The number of amides is 1. The molecule has 0 unspecified atom stereocenters. The van der Waals surface area contributed by atoms with Crippen molar-refractivity contribution < 1.29 is 14.3 Å². The van der Waals surface area contributed by atoms with E-state index in [-0.39, 0.29) is 18.7 Å². The number of anilines is 1. The highest BCUT2D eigenvalue weighted by Gasteiger charge is 2.31. The average Bonchev–Trinajstić information content (AvgIpc) is 2.61. The Bertz CT molecular complexity index is 687. The number of aromatic nitrogens is 1. The number of carbonyl (C=O) groups is 1. The molecule has 0 radical (unpaired) electrons. The van der Waals surface area contributed by atoms with E-state index < -0.39 is 0 Å². The van der Waals surface area contributed by atoms with E-state index in [1.54, 1.807) is 6.20 Å². The number of hydrogen-bond acceptors (Lipinski definition) is 5. The lowest BCUT2D eigenvalue weighted by Gasteiger charge is -2.36. The van der Waals surface area contributed by atoms with Gasteiger partial charge in [0.1, 0.15) is 6.61 Å². The first-order chi connectivity index (χ1) is 12.2. The van der Waals surface area contributed by atoms with Crippen molar-refractivity contribution in [1.82, 2.24) is 10.3 Å². The van der Waals surface area contributed by atoms with E-state index in [1.807, 2.05) is 49.4 Å². The molecule has 0 spiro atoms. The number of nitrogens with one attached hydrogen (secondary N) is 2. The maximum absolute atomic E-state index is 11.8. The van der Waals surface area contributed by atoms with E-state index >= 15 is 0 Å². The van der Waals surface area contributed by atoms with Crippen molar-refractivity contribution in [2.45, 2.75) is 38.5 Å². The molecule has 0 saturated heterocycles. The number of pyridine rings is 1. The van der Waals surface area contributed by atoms with Crippen molar-refractivity contribution in [3.8, 4) is 5.88 Å². The number of benzene rings is 1. The fourth-order valence-electron chi connectivity index (χ4n) is 2.76. The Morgan fingerprint density at radius 3 is 2.72 bits per heavy atom. The van der Waals surface area contributed by atoms with Gasteiger partial charge >= 0.3 is 6.09 Å². The third kappa shape index (κ3) is 4.86. The van der Waals surface area contributed by atoms with Gasteiger partial charge in [-0.05, 0) is 37.5 Å². The second-order valence-corrected chi connectivity index (χ2v) is 6.00. The summed E-state index contributed by atoms with van der Waals surface area (Å²) in [4.78, 5) is 16.1. The molecule has 3 rings (SSSR count). The van der Waals surface area contributed by atoms with Crippen LogP contribution in [-0.2, 0) is 11.3 Å². The van der Waals surface area contributed by atoms with E-state index in [9.17, 15) is 4.79 Å². The molecule has 0 atom stereocenters. The van der Waals surface area contributed by atoms with Crippen LogP contribution >= 0.6 is 0 Å². The molecule has 6 nitrogen and oxygen atoms in total. The number of nitrogens with zero attached hydrogens (tertiary/aromatic N) is 1. The van der Waals surface area contributed by atoms with Gasteiger partial charge in [0.05, 0.1) is 12.3 Å². The monoisotopic (exact) mass is 341 g/mol. The normalized spacial score (nSPS) is 18.8. The van der Waals surface area contributed by atoms with Crippen LogP contribution in [0.2, 0.25) is 0 Å². The van der Waals surface area contributed by atoms with Crippen molar-refractivity contribution in [3.05, 3.63) is 54.2 Å². The highest BCUT2D eigenvalue weighted by molar-refractivity contribution is 5.68. The van der Waals surface area contributed by atoms with Crippen LogP contribution in [-0.4, -0.2) is 29.8 Å². The number of alkyl carbamates (subject to hydrolysis) is 1. The highest BCUT2D eigenvalue weighted by atomic mass is 16.5. The number of carbonyl (C=O) groups excluding carboxylic acids is 1. The minimum Gasteiger partial charge on any atom is -0.476 e. The zero-order valence-electron chi connectivity index (χ0n) is 14.3. The zero-order valence-corrected chi connectivity index (χ0v) is 14.3. The zero-order chi connectivity index (χ0) is 17.5. The van der Waals surface area contributed by atoms with Crippen LogP contribution in [0.3, 0.4) is 0 Å². The van der Waals surface area contributed by atoms with Crippen LogP contribution in [0.5, 0.6) is 5.88 Å². The molecular formula is C19H23N3O3. The molecule has 1 aliphatic carbocycles. The fraction of sp³-hybridized carbons (Fsp3) is 0.368. The molecule has 1 aromatic heterocycles. The van der Waals surface area contributed by atoms with Gasteiger partial charge < -0.3 is 20.1 Å². The molecule has 1 heterocycles. The van der Waals surface area contributed by atoms with Crippen LogP contribution in [0.1, 0.15) is 25.3 Å². The summed E-state index contributed by atoms with van der Waals surface area (Å²) in [6, 6.07) is 13.9. The molecule has 1 fully saturated rings. The molecule has 2 N–H and O–H groups in total. The van der Waals surface area contributed by atoms with Gasteiger partial charge in [-0.2, -0.15) is 0 Å². The molecule has 1 aliphatic rings. The molecule has 132 valence electrons. The van der Waals surface area contributed by atoms with E-state index in [2.05, 4.69) is 15.6 Å². The van der Waals surface area contributed by atoms with Gasteiger partial charge in [0.2, 0.25) is 5.88 Å². The molecule has 1 amide bonds. The number of hydrogen-bond donors (Lipinski definition) is 2. The maximum atomic E-state index is 11.8.